The van der Waals surface area contributed by atoms with Gasteiger partial charge in [0.05, 0.1) is 5.69 Å². The van der Waals surface area contributed by atoms with Gasteiger partial charge in [-0.05, 0) is 55.0 Å². The zero-order valence-electron chi connectivity index (χ0n) is 15.6. The van der Waals surface area contributed by atoms with Crippen LogP contribution in [0, 0.1) is 0 Å². The molecule has 0 aromatic heterocycles. The molecule has 1 atom stereocenters. The Labute approximate surface area is 165 Å². The predicted octanol–water partition coefficient (Wildman–Crippen LogP) is 4.29. The summed E-state index contributed by atoms with van der Waals surface area (Å²) in [5.41, 5.74) is 1.94. The van der Waals surface area contributed by atoms with Crippen molar-refractivity contribution in [3.8, 4) is 5.75 Å². The number of hydrogen-bond donors (Lipinski definition) is 3. The van der Waals surface area contributed by atoms with E-state index in [1.165, 1.54) is 0 Å². The minimum atomic E-state index is -0.150. The number of thioether (sulfide) groups is 1. The quantitative estimate of drug-likeness (QED) is 0.649. The van der Waals surface area contributed by atoms with Crippen molar-refractivity contribution in [3.05, 3.63) is 54.1 Å². The first-order valence-corrected chi connectivity index (χ1v) is 10.4. The first-order valence-electron chi connectivity index (χ1n) is 9.43. The fourth-order valence-electron chi connectivity index (χ4n) is 3.43. The van der Waals surface area contributed by atoms with E-state index in [9.17, 15) is 9.90 Å². The van der Waals surface area contributed by atoms with Gasteiger partial charge in [-0.1, -0.05) is 31.2 Å². The van der Waals surface area contributed by atoms with Crippen molar-refractivity contribution in [2.75, 3.05) is 24.2 Å². The Kier molecular flexibility index (Phi) is 7.01. The smallest absolute Gasteiger partial charge is 0.319 e. The molecule has 6 heteroatoms. The fraction of sp³-hybridized carbons (Fsp3) is 0.381. The van der Waals surface area contributed by atoms with Crippen LogP contribution < -0.4 is 10.6 Å². The van der Waals surface area contributed by atoms with E-state index in [0.717, 1.165) is 54.4 Å². The molecule has 0 saturated carbocycles. The molecule has 0 aliphatic carbocycles. The van der Waals surface area contributed by atoms with E-state index in [2.05, 4.69) is 22.5 Å². The van der Waals surface area contributed by atoms with Crippen LogP contribution in [0.5, 0.6) is 5.75 Å². The van der Waals surface area contributed by atoms with E-state index in [-0.39, 0.29) is 12.1 Å². The molecule has 3 rings (SSSR count). The summed E-state index contributed by atoms with van der Waals surface area (Å²) in [4.78, 5) is 15.9. The van der Waals surface area contributed by atoms with Gasteiger partial charge in [-0.3, -0.25) is 4.90 Å². The molecular weight excluding hydrogens is 358 g/mol. The monoisotopic (exact) mass is 385 g/mol. The number of phenols is 1. The number of nitrogens with one attached hydrogen (secondary N) is 2. The molecule has 2 aromatic carbocycles. The second kappa shape index (κ2) is 9.67. The second-order valence-corrected chi connectivity index (χ2v) is 8.08. The van der Waals surface area contributed by atoms with Crippen LogP contribution in [0.4, 0.5) is 10.5 Å². The first kappa shape index (κ1) is 19.6. The van der Waals surface area contributed by atoms with E-state index in [0.29, 0.717) is 5.75 Å². The van der Waals surface area contributed by atoms with Crippen LogP contribution in [-0.2, 0) is 6.54 Å². The molecular formula is C21H27N3O2S. The van der Waals surface area contributed by atoms with Crippen molar-refractivity contribution in [2.45, 2.75) is 37.2 Å². The van der Waals surface area contributed by atoms with Gasteiger partial charge < -0.3 is 15.7 Å². The van der Waals surface area contributed by atoms with Crippen molar-refractivity contribution in [3.63, 3.8) is 0 Å². The van der Waals surface area contributed by atoms with Crippen molar-refractivity contribution < 1.29 is 9.90 Å². The Morgan fingerprint density at radius 3 is 2.93 bits per heavy atom. The van der Waals surface area contributed by atoms with Crippen LogP contribution in [0.3, 0.4) is 0 Å². The lowest BCUT2D eigenvalue weighted by atomic mass is 10.0. The molecule has 1 saturated heterocycles. The summed E-state index contributed by atoms with van der Waals surface area (Å²) in [6.45, 7) is 4.70. The molecule has 0 bridgehead atoms. The fourth-order valence-corrected chi connectivity index (χ4v) is 4.19. The third-order valence-corrected chi connectivity index (χ3v) is 5.55. The molecule has 1 fully saturated rings. The molecule has 144 valence electrons. The summed E-state index contributed by atoms with van der Waals surface area (Å²) in [5.74, 6) is 1.26. The minimum Gasteiger partial charge on any atom is -0.508 e. The summed E-state index contributed by atoms with van der Waals surface area (Å²) >= 11 is 1.72. The minimum absolute atomic E-state index is 0.127. The van der Waals surface area contributed by atoms with Crippen LogP contribution in [-0.4, -0.2) is 40.9 Å². The summed E-state index contributed by atoms with van der Waals surface area (Å²) in [5, 5.41) is 15.7. The second-order valence-electron chi connectivity index (χ2n) is 6.77. The van der Waals surface area contributed by atoms with Gasteiger partial charge in [0, 0.05) is 24.0 Å². The van der Waals surface area contributed by atoms with E-state index in [1.807, 2.05) is 36.4 Å². The van der Waals surface area contributed by atoms with Gasteiger partial charge >= 0.3 is 6.03 Å². The predicted molar refractivity (Wildman–Crippen MR) is 111 cm³/mol. The number of hydrogen-bond acceptors (Lipinski definition) is 4. The largest absolute Gasteiger partial charge is 0.508 e. The Morgan fingerprint density at radius 2 is 2.11 bits per heavy atom. The summed E-state index contributed by atoms with van der Waals surface area (Å²) < 4.78 is 0. The molecule has 1 aliphatic rings. The zero-order chi connectivity index (χ0) is 19.1. The molecule has 5 nitrogen and oxygen atoms in total. The Bertz CT molecular complexity index is 769. The zero-order valence-corrected chi connectivity index (χ0v) is 16.5. The number of urea groups is 1. The normalized spacial score (nSPS) is 17.4. The Balaban J connectivity index is 1.53. The maximum absolute atomic E-state index is 12.5. The van der Waals surface area contributed by atoms with Gasteiger partial charge in [0.2, 0.25) is 0 Å². The standard InChI is InChI=1S/C21H27N3O2S/c1-2-27-20-11-4-3-10-19(20)23-21(26)22-17-8-6-12-24(15-17)14-16-7-5-9-18(25)13-16/h3-5,7,9-11,13,17,25H,2,6,8,12,14-15H2,1H3,(H2,22,23,26). The number of nitrogens with zero attached hydrogens (tertiary/aromatic N) is 1. The average Bonchev–Trinajstić information content (AvgIpc) is 2.64. The maximum Gasteiger partial charge on any atom is 0.319 e. The average molecular weight is 386 g/mol. The SMILES string of the molecule is CCSc1ccccc1NC(=O)NC1CCCN(Cc2cccc(O)c2)C1. The number of piperidine rings is 1. The highest BCUT2D eigenvalue weighted by atomic mass is 32.2. The first-order chi connectivity index (χ1) is 13.1. The molecule has 27 heavy (non-hydrogen) atoms. The van der Waals surface area contributed by atoms with Gasteiger partial charge in [0.25, 0.3) is 0 Å². The van der Waals surface area contributed by atoms with Crippen molar-refractivity contribution in [2.24, 2.45) is 0 Å². The molecule has 0 radical (unpaired) electrons. The Morgan fingerprint density at radius 1 is 1.26 bits per heavy atom. The number of rotatable bonds is 6. The van der Waals surface area contributed by atoms with Crippen LogP contribution >= 0.6 is 11.8 Å². The topological polar surface area (TPSA) is 64.6 Å². The number of anilines is 1. The maximum atomic E-state index is 12.5. The molecule has 1 heterocycles. The highest BCUT2D eigenvalue weighted by Crippen LogP contribution is 2.26. The molecule has 2 amide bonds. The molecule has 2 aromatic rings. The van der Waals surface area contributed by atoms with Gasteiger partial charge in [-0.2, -0.15) is 0 Å². The van der Waals surface area contributed by atoms with Crippen LogP contribution in [0.15, 0.2) is 53.4 Å². The van der Waals surface area contributed by atoms with Crippen molar-refractivity contribution in [1.82, 2.24) is 10.2 Å². The van der Waals surface area contributed by atoms with Gasteiger partial charge in [-0.25, -0.2) is 4.79 Å². The van der Waals surface area contributed by atoms with Crippen LogP contribution in [0.1, 0.15) is 25.3 Å². The van der Waals surface area contributed by atoms with E-state index in [4.69, 9.17) is 0 Å². The third kappa shape index (κ3) is 5.91. The lowest BCUT2D eigenvalue weighted by molar-refractivity contribution is 0.183. The van der Waals surface area contributed by atoms with Crippen LogP contribution in [0.25, 0.3) is 0 Å². The lowest BCUT2D eigenvalue weighted by Crippen LogP contribution is -2.48. The highest BCUT2D eigenvalue weighted by molar-refractivity contribution is 7.99. The summed E-state index contributed by atoms with van der Waals surface area (Å²) in [6.07, 6.45) is 2.03. The summed E-state index contributed by atoms with van der Waals surface area (Å²) in [6, 6.07) is 15.2. The molecule has 3 N–H and O–H groups in total. The van der Waals surface area contributed by atoms with Crippen molar-refractivity contribution >= 4 is 23.5 Å². The van der Waals surface area contributed by atoms with Gasteiger partial charge in [0.15, 0.2) is 0 Å². The van der Waals surface area contributed by atoms with Gasteiger partial charge in [-0.15, -0.1) is 11.8 Å². The van der Waals surface area contributed by atoms with E-state index >= 15 is 0 Å². The van der Waals surface area contributed by atoms with E-state index < -0.39 is 0 Å². The molecule has 1 aliphatic heterocycles. The number of benzene rings is 2. The van der Waals surface area contributed by atoms with E-state index in [1.54, 1.807) is 23.9 Å². The third-order valence-electron chi connectivity index (χ3n) is 4.59. The molecule has 1 unspecified atom stereocenters. The van der Waals surface area contributed by atoms with Crippen molar-refractivity contribution in [1.29, 1.82) is 0 Å². The highest BCUT2D eigenvalue weighted by Gasteiger charge is 2.21. The number of carbonyl (C=O) groups excluding carboxylic acids is 1. The number of para-hydroxylation sites is 1. The lowest BCUT2D eigenvalue weighted by Gasteiger charge is -2.33. The van der Waals surface area contributed by atoms with Crippen LogP contribution in [0.2, 0.25) is 0 Å². The number of phenolic OH excluding ortho intramolecular Hbond substituents is 1. The van der Waals surface area contributed by atoms with Gasteiger partial charge in [0.1, 0.15) is 5.75 Å². The number of aromatic hydroxyl groups is 1. The number of carbonyl (C=O) groups is 1. The number of amides is 2. The number of likely N-dealkylation sites (tertiary alicyclic amines) is 1. The Hall–Kier alpha value is -2.18. The molecule has 0 spiro atoms. The summed E-state index contributed by atoms with van der Waals surface area (Å²) in [7, 11) is 0.